The van der Waals surface area contributed by atoms with Gasteiger partial charge in [-0.05, 0) is 29.8 Å². The molecule has 2 aromatic rings. The normalized spacial score (nSPS) is 23.1. The molecule has 2 saturated heterocycles. The fraction of sp³-hybridized carbons (Fsp3) is 0.409. The van der Waals surface area contributed by atoms with Crippen LogP contribution in [-0.4, -0.2) is 72.5 Å². The minimum Gasteiger partial charge on any atom is -0.497 e. The van der Waals surface area contributed by atoms with Gasteiger partial charge in [0.25, 0.3) is 5.91 Å². The van der Waals surface area contributed by atoms with Crippen molar-refractivity contribution >= 4 is 11.9 Å². The summed E-state index contributed by atoms with van der Waals surface area (Å²) < 4.78 is 5.28. The SMILES string of the molecule is COc1ccc([C@H]2[C@@H]3CN(C(=O)c4ccccn4)C[C@@H]3CN2C(=O)N(C)C)cc1. The van der Waals surface area contributed by atoms with Crippen LogP contribution in [0.3, 0.4) is 0 Å². The Labute approximate surface area is 170 Å². The summed E-state index contributed by atoms with van der Waals surface area (Å²) in [7, 11) is 5.19. The summed E-state index contributed by atoms with van der Waals surface area (Å²) in [6.45, 7) is 1.91. The second-order valence-corrected chi connectivity index (χ2v) is 7.90. The molecule has 0 radical (unpaired) electrons. The van der Waals surface area contributed by atoms with Crippen molar-refractivity contribution in [2.24, 2.45) is 11.8 Å². The molecule has 29 heavy (non-hydrogen) atoms. The number of methoxy groups -OCH3 is 1. The third kappa shape index (κ3) is 3.52. The molecule has 0 bridgehead atoms. The highest BCUT2D eigenvalue weighted by Crippen LogP contribution is 2.45. The van der Waals surface area contributed by atoms with E-state index in [-0.39, 0.29) is 29.8 Å². The highest BCUT2D eigenvalue weighted by molar-refractivity contribution is 5.92. The van der Waals surface area contributed by atoms with Crippen LogP contribution in [0.25, 0.3) is 0 Å². The minimum atomic E-state index is -0.0673. The van der Waals surface area contributed by atoms with Gasteiger partial charge < -0.3 is 19.4 Å². The van der Waals surface area contributed by atoms with Crippen molar-refractivity contribution < 1.29 is 14.3 Å². The third-order valence-corrected chi connectivity index (χ3v) is 5.92. The van der Waals surface area contributed by atoms with E-state index in [9.17, 15) is 9.59 Å². The van der Waals surface area contributed by atoms with Crippen LogP contribution < -0.4 is 4.74 Å². The molecule has 0 N–H and O–H groups in total. The molecule has 7 nitrogen and oxygen atoms in total. The first-order valence-electron chi connectivity index (χ1n) is 9.81. The molecule has 2 fully saturated rings. The van der Waals surface area contributed by atoms with Gasteiger partial charge in [-0.1, -0.05) is 18.2 Å². The van der Waals surface area contributed by atoms with Gasteiger partial charge in [0.1, 0.15) is 11.4 Å². The van der Waals surface area contributed by atoms with Gasteiger partial charge in [-0.25, -0.2) is 4.79 Å². The number of pyridine rings is 1. The lowest BCUT2D eigenvalue weighted by atomic mass is 9.89. The molecule has 0 aliphatic carbocycles. The van der Waals surface area contributed by atoms with Crippen LogP contribution in [-0.2, 0) is 0 Å². The number of benzene rings is 1. The Morgan fingerprint density at radius 1 is 1.07 bits per heavy atom. The van der Waals surface area contributed by atoms with Crippen LogP contribution in [0.4, 0.5) is 4.79 Å². The predicted molar refractivity (Wildman–Crippen MR) is 109 cm³/mol. The summed E-state index contributed by atoms with van der Waals surface area (Å²) in [6, 6.07) is 13.2. The molecule has 2 aliphatic heterocycles. The zero-order chi connectivity index (χ0) is 20.5. The van der Waals surface area contributed by atoms with Gasteiger partial charge in [-0.15, -0.1) is 0 Å². The zero-order valence-electron chi connectivity index (χ0n) is 17.0. The number of urea groups is 1. The molecule has 2 aliphatic rings. The van der Waals surface area contributed by atoms with Gasteiger partial charge in [0, 0.05) is 51.8 Å². The molecule has 152 valence electrons. The Balaban J connectivity index is 1.60. The molecule has 3 amide bonds. The summed E-state index contributed by atoms with van der Waals surface area (Å²) in [6.07, 6.45) is 1.64. The topological polar surface area (TPSA) is 66.0 Å². The number of fused-ring (bicyclic) bond motifs is 1. The maximum absolute atomic E-state index is 12.9. The fourth-order valence-electron chi connectivity index (χ4n) is 4.54. The number of amides is 3. The second-order valence-electron chi connectivity index (χ2n) is 7.90. The van der Waals surface area contributed by atoms with E-state index in [2.05, 4.69) is 4.98 Å². The van der Waals surface area contributed by atoms with E-state index in [0.29, 0.717) is 25.3 Å². The van der Waals surface area contributed by atoms with Crippen LogP contribution in [0.2, 0.25) is 0 Å². The molecule has 0 saturated carbocycles. The summed E-state index contributed by atoms with van der Waals surface area (Å²) in [5.41, 5.74) is 1.54. The van der Waals surface area contributed by atoms with Crippen molar-refractivity contribution in [1.82, 2.24) is 19.7 Å². The van der Waals surface area contributed by atoms with Crippen molar-refractivity contribution in [3.63, 3.8) is 0 Å². The van der Waals surface area contributed by atoms with E-state index < -0.39 is 0 Å². The van der Waals surface area contributed by atoms with E-state index in [1.807, 2.05) is 40.1 Å². The van der Waals surface area contributed by atoms with E-state index in [4.69, 9.17) is 4.74 Å². The molecule has 3 heterocycles. The molecule has 1 aromatic heterocycles. The number of aromatic nitrogens is 1. The monoisotopic (exact) mass is 394 g/mol. The van der Waals surface area contributed by atoms with E-state index >= 15 is 0 Å². The van der Waals surface area contributed by atoms with Crippen LogP contribution in [0.5, 0.6) is 5.75 Å². The highest BCUT2D eigenvalue weighted by atomic mass is 16.5. The number of carbonyl (C=O) groups is 2. The van der Waals surface area contributed by atoms with E-state index in [1.165, 1.54) is 0 Å². The Kier molecular flexibility index (Phi) is 5.13. The first kappa shape index (κ1) is 19.2. The van der Waals surface area contributed by atoms with Crippen LogP contribution >= 0.6 is 0 Å². The number of carbonyl (C=O) groups excluding carboxylic acids is 2. The maximum Gasteiger partial charge on any atom is 0.320 e. The van der Waals surface area contributed by atoms with Gasteiger partial charge >= 0.3 is 6.03 Å². The minimum absolute atomic E-state index is 0.00261. The van der Waals surface area contributed by atoms with Crippen molar-refractivity contribution in [3.8, 4) is 5.75 Å². The first-order chi connectivity index (χ1) is 14.0. The predicted octanol–water partition coefficient (Wildman–Crippen LogP) is 2.52. The summed E-state index contributed by atoms with van der Waals surface area (Å²) in [4.78, 5) is 35.4. The Morgan fingerprint density at radius 3 is 2.45 bits per heavy atom. The highest BCUT2D eigenvalue weighted by Gasteiger charge is 2.50. The lowest BCUT2D eigenvalue weighted by Gasteiger charge is -2.32. The molecule has 3 atom stereocenters. The number of likely N-dealkylation sites (tertiary alicyclic amines) is 2. The van der Waals surface area contributed by atoms with Gasteiger partial charge in [-0.3, -0.25) is 9.78 Å². The molecule has 4 rings (SSSR count). The molecular weight excluding hydrogens is 368 g/mol. The molecule has 0 spiro atoms. The number of nitrogens with zero attached hydrogens (tertiary/aromatic N) is 4. The molecule has 1 aromatic carbocycles. The maximum atomic E-state index is 12.9. The smallest absolute Gasteiger partial charge is 0.320 e. The second kappa shape index (κ2) is 7.73. The summed E-state index contributed by atoms with van der Waals surface area (Å²) >= 11 is 0. The van der Waals surface area contributed by atoms with Crippen molar-refractivity contribution in [1.29, 1.82) is 0 Å². The van der Waals surface area contributed by atoms with Gasteiger partial charge in [0.2, 0.25) is 0 Å². The Hall–Kier alpha value is -3.09. The third-order valence-electron chi connectivity index (χ3n) is 5.92. The van der Waals surface area contributed by atoms with E-state index in [0.717, 1.165) is 11.3 Å². The molecular formula is C22H26N4O3. The lowest BCUT2D eigenvalue weighted by Crippen LogP contribution is -2.42. The van der Waals surface area contributed by atoms with Crippen LogP contribution in [0.15, 0.2) is 48.7 Å². The quantitative estimate of drug-likeness (QED) is 0.802. The van der Waals surface area contributed by atoms with Gasteiger partial charge in [0.15, 0.2) is 0 Å². The lowest BCUT2D eigenvalue weighted by molar-refractivity contribution is 0.0761. The van der Waals surface area contributed by atoms with Crippen molar-refractivity contribution in [2.75, 3.05) is 40.8 Å². The number of ether oxygens (including phenoxy) is 1. The van der Waals surface area contributed by atoms with Gasteiger partial charge in [-0.2, -0.15) is 0 Å². The largest absolute Gasteiger partial charge is 0.497 e. The average Bonchev–Trinajstić information content (AvgIpc) is 3.31. The number of hydrogen-bond donors (Lipinski definition) is 0. The average molecular weight is 394 g/mol. The van der Waals surface area contributed by atoms with Crippen molar-refractivity contribution in [2.45, 2.75) is 6.04 Å². The summed E-state index contributed by atoms with van der Waals surface area (Å²) in [5.74, 6) is 1.18. The summed E-state index contributed by atoms with van der Waals surface area (Å²) in [5, 5.41) is 0. The zero-order valence-corrected chi connectivity index (χ0v) is 17.0. The van der Waals surface area contributed by atoms with Gasteiger partial charge in [0.05, 0.1) is 13.2 Å². The molecule has 7 heteroatoms. The van der Waals surface area contributed by atoms with Crippen LogP contribution in [0.1, 0.15) is 22.1 Å². The fourth-order valence-corrected chi connectivity index (χ4v) is 4.54. The van der Waals surface area contributed by atoms with E-state index in [1.54, 1.807) is 44.4 Å². The Bertz CT molecular complexity index is 885. The van der Waals surface area contributed by atoms with Crippen LogP contribution in [0, 0.1) is 11.8 Å². The Morgan fingerprint density at radius 2 is 1.83 bits per heavy atom. The molecule has 0 unspecified atom stereocenters. The standard InChI is InChI=1S/C22H26N4O3/c1-24(2)22(28)26-13-16-12-25(21(27)19-6-4-5-11-23-19)14-18(16)20(26)15-7-9-17(29-3)10-8-15/h4-11,16,18,20H,12-14H2,1-3H3/t16-,18-,20+/m1/s1. The first-order valence-corrected chi connectivity index (χ1v) is 9.81. The number of hydrogen-bond acceptors (Lipinski definition) is 4. The van der Waals surface area contributed by atoms with Crippen molar-refractivity contribution in [3.05, 3.63) is 59.9 Å². The number of rotatable bonds is 3.